The number of methoxy groups -OCH3 is 2. The van der Waals surface area contributed by atoms with Crippen LogP contribution in [0.1, 0.15) is 26.6 Å². The third-order valence-corrected chi connectivity index (χ3v) is 1.57. The Balaban J connectivity index is 3.11. The van der Waals surface area contributed by atoms with Gasteiger partial charge in [0.1, 0.15) is 11.3 Å². The van der Waals surface area contributed by atoms with E-state index >= 15 is 0 Å². The molecule has 1 rings (SSSR count). The molecule has 0 spiro atoms. The molecule has 0 N–H and O–H groups in total. The van der Waals surface area contributed by atoms with Gasteiger partial charge in [-0.15, -0.1) is 0 Å². The number of hydrogen-bond acceptors (Lipinski definition) is 6. The highest BCUT2D eigenvalue weighted by molar-refractivity contribution is 5.97. The Morgan fingerprint density at radius 1 is 1.57 bits per heavy atom. The van der Waals surface area contributed by atoms with Gasteiger partial charge in [-0.3, -0.25) is 4.79 Å². The molecule has 76 valence electrons. The van der Waals surface area contributed by atoms with Crippen molar-refractivity contribution in [2.45, 2.75) is 6.61 Å². The van der Waals surface area contributed by atoms with Crippen molar-refractivity contribution in [3.8, 4) is 0 Å². The van der Waals surface area contributed by atoms with Gasteiger partial charge in [0.2, 0.25) is 5.76 Å². The highest BCUT2D eigenvalue weighted by atomic mass is 16.5. The van der Waals surface area contributed by atoms with E-state index in [0.717, 1.165) is 0 Å². The minimum Gasteiger partial charge on any atom is -0.465 e. The summed E-state index contributed by atoms with van der Waals surface area (Å²) in [6.07, 6.45) is 0.401. The van der Waals surface area contributed by atoms with Gasteiger partial charge < -0.3 is 14.0 Å². The van der Waals surface area contributed by atoms with E-state index in [2.05, 4.69) is 14.4 Å². The van der Waals surface area contributed by atoms with E-state index in [0.29, 0.717) is 6.29 Å². The van der Waals surface area contributed by atoms with Crippen LogP contribution in [0.3, 0.4) is 0 Å². The average Bonchev–Trinajstić information content (AvgIpc) is 2.60. The zero-order valence-electron chi connectivity index (χ0n) is 7.77. The summed E-state index contributed by atoms with van der Waals surface area (Å²) in [4.78, 5) is 21.7. The molecule has 0 saturated heterocycles. The molecule has 6 heteroatoms. The maximum atomic E-state index is 11.2. The molecule has 1 aromatic rings. The summed E-state index contributed by atoms with van der Waals surface area (Å²) in [5.41, 5.74) is 0.269. The van der Waals surface area contributed by atoms with Crippen molar-refractivity contribution in [3.05, 3.63) is 17.0 Å². The van der Waals surface area contributed by atoms with Crippen LogP contribution in [-0.2, 0) is 16.1 Å². The highest BCUT2D eigenvalue weighted by Crippen LogP contribution is 2.14. The summed E-state index contributed by atoms with van der Waals surface area (Å²) in [5.74, 6) is -0.815. The maximum absolute atomic E-state index is 11.2. The molecule has 0 saturated carbocycles. The Hall–Kier alpha value is -1.69. The van der Waals surface area contributed by atoms with Crippen LogP contribution in [0.15, 0.2) is 4.52 Å². The van der Waals surface area contributed by atoms with Crippen molar-refractivity contribution < 1.29 is 23.6 Å². The van der Waals surface area contributed by atoms with Crippen LogP contribution in [0, 0.1) is 0 Å². The fraction of sp³-hybridized carbons (Fsp3) is 0.375. The summed E-state index contributed by atoms with van der Waals surface area (Å²) in [5, 5.41) is 3.51. The predicted octanol–water partition coefficient (Wildman–Crippen LogP) is 0.420. The molecule has 6 nitrogen and oxygen atoms in total. The zero-order valence-corrected chi connectivity index (χ0v) is 7.77. The first kappa shape index (κ1) is 10.4. The topological polar surface area (TPSA) is 78.6 Å². The fourth-order valence-electron chi connectivity index (χ4n) is 0.974. The number of ether oxygens (including phenoxy) is 2. The quantitative estimate of drug-likeness (QED) is 0.516. The smallest absolute Gasteiger partial charge is 0.344 e. The molecule has 14 heavy (non-hydrogen) atoms. The number of hydrogen-bond donors (Lipinski definition) is 0. The van der Waals surface area contributed by atoms with Crippen LogP contribution in [0.25, 0.3) is 0 Å². The molecule has 1 heterocycles. The van der Waals surface area contributed by atoms with Crippen LogP contribution in [0.2, 0.25) is 0 Å². The molecule has 0 atom stereocenters. The monoisotopic (exact) mass is 199 g/mol. The molecule has 0 aliphatic rings. The second-order valence-corrected chi connectivity index (χ2v) is 2.41. The van der Waals surface area contributed by atoms with Crippen LogP contribution in [-0.4, -0.2) is 31.6 Å². The van der Waals surface area contributed by atoms with Gasteiger partial charge in [-0.2, -0.15) is 0 Å². The molecular weight excluding hydrogens is 190 g/mol. The number of rotatable bonds is 4. The molecular formula is C8H9NO5. The summed E-state index contributed by atoms with van der Waals surface area (Å²) in [6, 6.07) is 0. The number of aldehydes is 1. The molecule has 0 aliphatic carbocycles. The molecule has 0 aromatic carbocycles. The minimum atomic E-state index is -0.666. The van der Waals surface area contributed by atoms with E-state index in [1.165, 1.54) is 14.2 Å². The van der Waals surface area contributed by atoms with Gasteiger partial charge in [-0.1, -0.05) is 5.16 Å². The molecule has 0 fully saturated rings. The van der Waals surface area contributed by atoms with Gasteiger partial charge in [-0.25, -0.2) is 4.79 Å². The van der Waals surface area contributed by atoms with E-state index in [4.69, 9.17) is 4.74 Å². The maximum Gasteiger partial charge on any atom is 0.344 e. The van der Waals surface area contributed by atoms with E-state index in [9.17, 15) is 9.59 Å². The van der Waals surface area contributed by atoms with E-state index in [-0.39, 0.29) is 23.6 Å². The second kappa shape index (κ2) is 4.52. The lowest BCUT2D eigenvalue weighted by atomic mass is 10.2. The minimum absolute atomic E-state index is 0.0179. The lowest BCUT2D eigenvalue weighted by molar-refractivity contribution is 0.0592. The summed E-state index contributed by atoms with van der Waals surface area (Å²) in [7, 11) is 2.65. The SMILES string of the molecule is COCc1noc(C=O)c1C(=O)OC. The number of carbonyl (C=O) groups excluding carboxylic acids is 2. The predicted molar refractivity (Wildman–Crippen MR) is 43.9 cm³/mol. The van der Waals surface area contributed by atoms with Gasteiger partial charge in [0.25, 0.3) is 0 Å². The van der Waals surface area contributed by atoms with Gasteiger partial charge in [0.15, 0.2) is 6.29 Å². The van der Waals surface area contributed by atoms with Gasteiger partial charge in [0, 0.05) is 7.11 Å². The first-order chi connectivity index (χ1) is 6.74. The van der Waals surface area contributed by atoms with Crippen molar-refractivity contribution in [3.63, 3.8) is 0 Å². The lowest BCUT2D eigenvalue weighted by Crippen LogP contribution is -2.07. The zero-order chi connectivity index (χ0) is 10.6. The Bertz CT molecular complexity index is 344. The Kier molecular flexibility index (Phi) is 3.35. The van der Waals surface area contributed by atoms with Gasteiger partial charge >= 0.3 is 5.97 Å². The number of nitrogens with zero attached hydrogens (tertiary/aromatic N) is 1. The average molecular weight is 199 g/mol. The van der Waals surface area contributed by atoms with Gasteiger partial charge in [0.05, 0.1) is 13.7 Å². The highest BCUT2D eigenvalue weighted by Gasteiger charge is 2.22. The van der Waals surface area contributed by atoms with Crippen molar-refractivity contribution >= 4 is 12.3 Å². The Morgan fingerprint density at radius 3 is 2.79 bits per heavy atom. The molecule has 0 aliphatic heterocycles. The fourth-order valence-corrected chi connectivity index (χ4v) is 0.974. The standard InChI is InChI=1S/C8H9NO5/c1-12-4-5-7(8(11)13-2)6(3-10)14-9-5/h3H,4H2,1-2H3. The molecule has 1 aromatic heterocycles. The Labute approximate surface area is 79.8 Å². The third-order valence-electron chi connectivity index (χ3n) is 1.57. The van der Waals surface area contributed by atoms with E-state index in [1.54, 1.807) is 0 Å². The normalized spacial score (nSPS) is 9.86. The summed E-state index contributed by atoms with van der Waals surface area (Å²) < 4.78 is 13.9. The van der Waals surface area contributed by atoms with Gasteiger partial charge in [-0.05, 0) is 0 Å². The summed E-state index contributed by atoms with van der Waals surface area (Å²) in [6.45, 7) is 0.0851. The van der Waals surface area contributed by atoms with Crippen molar-refractivity contribution in [2.75, 3.05) is 14.2 Å². The van der Waals surface area contributed by atoms with Crippen LogP contribution < -0.4 is 0 Å². The molecule has 0 amide bonds. The number of aromatic nitrogens is 1. The van der Waals surface area contributed by atoms with Crippen molar-refractivity contribution in [1.82, 2.24) is 5.16 Å². The van der Waals surface area contributed by atoms with Crippen LogP contribution in [0.5, 0.6) is 0 Å². The van der Waals surface area contributed by atoms with E-state index < -0.39 is 5.97 Å². The largest absolute Gasteiger partial charge is 0.465 e. The van der Waals surface area contributed by atoms with Crippen molar-refractivity contribution in [2.24, 2.45) is 0 Å². The van der Waals surface area contributed by atoms with Crippen molar-refractivity contribution in [1.29, 1.82) is 0 Å². The van der Waals surface area contributed by atoms with Crippen LogP contribution >= 0.6 is 0 Å². The lowest BCUT2D eigenvalue weighted by Gasteiger charge is -1.97. The summed E-state index contributed by atoms with van der Waals surface area (Å²) >= 11 is 0. The molecule has 0 unspecified atom stereocenters. The first-order valence-electron chi connectivity index (χ1n) is 3.75. The molecule has 0 radical (unpaired) electrons. The van der Waals surface area contributed by atoms with E-state index in [1.807, 2.05) is 0 Å². The third kappa shape index (κ3) is 1.80. The second-order valence-electron chi connectivity index (χ2n) is 2.41. The number of esters is 1. The molecule has 0 bridgehead atoms. The van der Waals surface area contributed by atoms with Crippen LogP contribution in [0.4, 0.5) is 0 Å². The first-order valence-corrected chi connectivity index (χ1v) is 3.75. The Morgan fingerprint density at radius 2 is 2.29 bits per heavy atom. The number of carbonyl (C=O) groups is 2.